The van der Waals surface area contributed by atoms with Crippen molar-refractivity contribution < 1.29 is 14.3 Å². The third-order valence-corrected chi connectivity index (χ3v) is 3.02. The monoisotopic (exact) mass is 303 g/mol. The van der Waals surface area contributed by atoms with E-state index in [1.54, 1.807) is 23.7 Å². The third-order valence-electron chi connectivity index (χ3n) is 3.02. The van der Waals surface area contributed by atoms with Crippen LogP contribution in [0.1, 0.15) is 16.1 Å². The number of urea groups is 1. The van der Waals surface area contributed by atoms with E-state index >= 15 is 0 Å². The minimum atomic E-state index is -0.604. The molecule has 0 bridgehead atoms. The van der Waals surface area contributed by atoms with E-state index in [4.69, 9.17) is 10.5 Å². The lowest BCUT2D eigenvalue weighted by Crippen LogP contribution is -2.24. The van der Waals surface area contributed by atoms with Crippen LogP contribution in [-0.4, -0.2) is 35.6 Å². The van der Waals surface area contributed by atoms with Crippen LogP contribution in [-0.2, 0) is 6.54 Å². The molecule has 1 heterocycles. The molecule has 1 aromatic heterocycles. The molecule has 0 aliphatic heterocycles. The minimum Gasteiger partial charge on any atom is -0.479 e. The van der Waals surface area contributed by atoms with E-state index in [2.05, 4.69) is 15.6 Å². The summed E-state index contributed by atoms with van der Waals surface area (Å²) in [6, 6.07) is 6.92. The molecule has 0 spiro atoms. The molecular weight excluding hydrogens is 286 g/mol. The van der Waals surface area contributed by atoms with Gasteiger partial charge >= 0.3 is 6.03 Å². The van der Waals surface area contributed by atoms with Gasteiger partial charge in [-0.3, -0.25) is 4.79 Å². The van der Waals surface area contributed by atoms with Gasteiger partial charge in [-0.1, -0.05) is 12.1 Å². The summed E-state index contributed by atoms with van der Waals surface area (Å²) in [7, 11) is 2.97. The van der Waals surface area contributed by atoms with Gasteiger partial charge in [0, 0.05) is 19.3 Å². The number of carbonyl (C=O) groups excluding carboxylic acids is 2. The van der Waals surface area contributed by atoms with Crippen molar-refractivity contribution in [3.63, 3.8) is 0 Å². The maximum absolute atomic E-state index is 11.5. The van der Waals surface area contributed by atoms with E-state index in [0.717, 1.165) is 5.56 Å². The zero-order chi connectivity index (χ0) is 16.1. The van der Waals surface area contributed by atoms with E-state index in [1.807, 2.05) is 12.1 Å². The molecule has 0 saturated heterocycles. The summed E-state index contributed by atoms with van der Waals surface area (Å²) < 4.78 is 6.63. The van der Waals surface area contributed by atoms with Crippen LogP contribution >= 0.6 is 0 Å². The Kier molecular flexibility index (Phi) is 4.62. The number of imidazole rings is 1. The smallest absolute Gasteiger partial charge is 0.318 e. The van der Waals surface area contributed by atoms with Gasteiger partial charge in [0.25, 0.3) is 5.91 Å². The van der Waals surface area contributed by atoms with Crippen molar-refractivity contribution in [1.29, 1.82) is 0 Å². The van der Waals surface area contributed by atoms with E-state index in [9.17, 15) is 9.59 Å². The first-order chi connectivity index (χ1) is 10.5. The van der Waals surface area contributed by atoms with E-state index in [1.165, 1.54) is 13.4 Å². The molecule has 2 aromatic rings. The van der Waals surface area contributed by atoms with Crippen LogP contribution in [0.4, 0.5) is 10.5 Å². The summed E-state index contributed by atoms with van der Waals surface area (Å²) in [6.07, 6.45) is 1.50. The summed E-state index contributed by atoms with van der Waals surface area (Å²) in [5, 5.41) is 5.13. The van der Waals surface area contributed by atoms with Crippen molar-refractivity contribution in [2.75, 3.05) is 19.5 Å². The summed E-state index contributed by atoms with van der Waals surface area (Å²) >= 11 is 0. The average molecular weight is 303 g/mol. The number of rotatable bonds is 5. The van der Waals surface area contributed by atoms with Gasteiger partial charge in [0.05, 0.1) is 13.4 Å². The summed E-state index contributed by atoms with van der Waals surface area (Å²) in [4.78, 5) is 26.7. The van der Waals surface area contributed by atoms with Gasteiger partial charge in [-0.05, 0) is 17.7 Å². The number of benzene rings is 1. The number of nitrogens with two attached hydrogens (primary N) is 1. The van der Waals surface area contributed by atoms with Crippen LogP contribution in [0.3, 0.4) is 0 Å². The number of ether oxygens (including phenoxy) is 1. The van der Waals surface area contributed by atoms with Crippen LogP contribution in [0.5, 0.6) is 5.88 Å². The Morgan fingerprint density at radius 2 is 2.00 bits per heavy atom. The zero-order valence-corrected chi connectivity index (χ0v) is 12.3. The second kappa shape index (κ2) is 6.61. The lowest BCUT2D eigenvalue weighted by molar-refractivity contribution is 0.0988. The van der Waals surface area contributed by atoms with Crippen LogP contribution in [0.15, 0.2) is 30.6 Å². The number of primary amides is 1. The summed E-state index contributed by atoms with van der Waals surface area (Å²) in [5.41, 5.74) is 7.16. The Morgan fingerprint density at radius 1 is 1.32 bits per heavy atom. The van der Waals surface area contributed by atoms with E-state index in [0.29, 0.717) is 12.2 Å². The molecule has 1 aromatic carbocycles. The highest BCUT2D eigenvalue weighted by Gasteiger charge is 2.17. The second-order valence-electron chi connectivity index (χ2n) is 4.50. The second-order valence-corrected chi connectivity index (χ2v) is 4.50. The van der Waals surface area contributed by atoms with Crippen LogP contribution in [0.25, 0.3) is 0 Å². The molecule has 116 valence electrons. The molecule has 0 atom stereocenters. The number of hydrogen-bond acceptors (Lipinski definition) is 4. The SMILES string of the molecule is CNC(=O)Nc1ccc(Cn2cnc(OC)c2C(N)=O)cc1. The van der Waals surface area contributed by atoms with Gasteiger partial charge < -0.3 is 25.7 Å². The van der Waals surface area contributed by atoms with Gasteiger partial charge in [-0.2, -0.15) is 0 Å². The van der Waals surface area contributed by atoms with Gasteiger partial charge in [-0.25, -0.2) is 9.78 Å². The molecule has 0 unspecified atom stereocenters. The summed E-state index contributed by atoms with van der Waals surface area (Å²) in [6.45, 7) is 0.412. The molecule has 0 aliphatic rings. The topological polar surface area (TPSA) is 111 Å². The van der Waals surface area contributed by atoms with E-state index in [-0.39, 0.29) is 17.6 Å². The molecule has 4 N–H and O–H groups in total. The first kappa shape index (κ1) is 15.4. The fourth-order valence-corrected chi connectivity index (χ4v) is 1.96. The number of anilines is 1. The van der Waals surface area contributed by atoms with Crippen LogP contribution in [0.2, 0.25) is 0 Å². The molecule has 2 rings (SSSR count). The molecule has 0 fully saturated rings. The largest absolute Gasteiger partial charge is 0.479 e. The number of carbonyl (C=O) groups is 2. The Balaban J connectivity index is 2.16. The van der Waals surface area contributed by atoms with Crippen molar-refractivity contribution in [1.82, 2.24) is 14.9 Å². The third kappa shape index (κ3) is 3.35. The fraction of sp³-hybridized carbons (Fsp3) is 0.214. The first-order valence-corrected chi connectivity index (χ1v) is 6.51. The number of methoxy groups -OCH3 is 1. The normalized spacial score (nSPS) is 10.1. The van der Waals surface area contributed by atoms with Crippen molar-refractivity contribution in [3.05, 3.63) is 41.9 Å². The van der Waals surface area contributed by atoms with Crippen LogP contribution < -0.4 is 21.1 Å². The number of nitrogens with one attached hydrogen (secondary N) is 2. The van der Waals surface area contributed by atoms with Crippen molar-refractivity contribution in [2.24, 2.45) is 5.73 Å². The van der Waals surface area contributed by atoms with Crippen LogP contribution in [0, 0.1) is 0 Å². The quantitative estimate of drug-likeness (QED) is 0.758. The predicted octanol–water partition coefficient (Wildman–Crippen LogP) is 0.790. The molecule has 22 heavy (non-hydrogen) atoms. The first-order valence-electron chi connectivity index (χ1n) is 6.51. The highest BCUT2D eigenvalue weighted by molar-refractivity contribution is 5.93. The van der Waals surface area contributed by atoms with Crippen molar-refractivity contribution in [2.45, 2.75) is 6.54 Å². The van der Waals surface area contributed by atoms with Gasteiger partial charge in [-0.15, -0.1) is 0 Å². The number of hydrogen-bond donors (Lipinski definition) is 3. The lowest BCUT2D eigenvalue weighted by Gasteiger charge is -2.08. The van der Waals surface area contributed by atoms with Gasteiger partial charge in [0.2, 0.25) is 5.88 Å². The Bertz CT molecular complexity index is 678. The molecule has 3 amide bonds. The van der Waals surface area contributed by atoms with Crippen molar-refractivity contribution in [3.8, 4) is 5.88 Å². The van der Waals surface area contributed by atoms with E-state index < -0.39 is 5.91 Å². The maximum atomic E-state index is 11.5. The van der Waals surface area contributed by atoms with Gasteiger partial charge in [0.1, 0.15) is 0 Å². The standard InChI is InChI=1S/C14H17N5O3/c1-16-14(21)18-10-5-3-9(4-6-10)7-19-8-17-13(22-2)11(19)12(15)20/h3-6,8H,7H2,1-2H3,(H2,15,20)(H2,16,18,21). The molecule has 8 heteroatoms. The Hall–Kier alpha value is -3.03. The Labute approximate surface area is 127 Å². The minimum absolute atomic E-state index is 0.199. The predicted molar refractivity (Wildman–Crippen MR) is 80.9 cm³/mol. The molecule has 0 aliphatic carbocycles. The highest BCUT2D eigenvalue weighted by atomic mass is 16.5. The molecular formula is C14H17N5O3. The lowest BCUT2D eigenvalue weighted by atomic mass is 10.2. The molecule has 0 radical (unpaired) electrons. The maximum Gasteiger partial charge on any atom is 0.318 e. The number of nitrogens with zero attached hydrogens (tertiary/aromatic N) is 2. The zero-order valence-electron chi connectivity index (χ0n) is 12.3. The average Bonchev–Trinajstić information content (AvgIpc) is 2.92. The number of amides is 3. The molecule has 0 saturated carbocycles. The highest BCUT2D eigenvalue weighted by Crippen LogP contribution is 2.17. The van der Waals surface area contributed by atoms with Gasteiger partial charge in [0.15, 0.2) is 5.69 Å². The Morgan fingerprint density at radius 3 is 2.55 bits per heavy atom. The summed E-state index contributed by atoms with van der Waals surface area (Å²) in [5.74, 6) is -0.405. The van der Waals surface area contributed by atoms with Crippen molar-refractivity contribution >= 4 is 17.6 Å². The fourth-order valence-electron chi connectivity index (χ4n) is 1.96. The molecule has 8 nitrogen and oxygen atoms in total. The number of aromatic nitrogens is 2.